The molecular weight excluding hydrogens is 496 g/mol. The molecule has 0 saturated carbocycles. The topological polar surface area (TPSA) is 17.8 Å². The van der Waals surface area contributed by atoms with Crippen LogP contribution in [0.5, 0.6) is 0 Å². The minimum Gasteiger partial charge on any atom is -0.335 e. The van der Waals surface area contributed by atoms with E-state index in [-0.39, 0.29) is 5.41 Å². The summed E-state index contributed by atoms with van der Waals surface area (Å²) < 4.78 is 2.51. The van der Waals surface area contributed by atoms with Gasteiger partial charge in [-0.05, 0) is 30.4 Å². The fourth-order valence-electron chi connectivity index (χ4n) is 6.72. The molecule has 2 nitrogen and oxygen atoms in total. The standard InChI is InChI=1S/C39H60N2/c1-4-6-8-10-12-13-15-17-25-32-41-33-31-40-38(41)37(30-24-16-14-11-9-7-5-2)39(3,36-28-22-19-23-29-36)34-35-26-20-18-21-27-35/h18-23,26-29,31,33,37H,4-17,24-25,30,32,34H2,1-3H3. The molecule has 0 aliphatic carbocycles. The van der Waals surface area contributed by atoms with E-state index in [2.05, 4.69) is 98.4 Å². The number of aromatic nitrogens is 2. The van der Waals surface area contributed by atoms with Gasteiger partial charge in [0, 0.05) is 30.3 Å². The minimum atomic E-state index is -0.0214. The van der Waals surface area contributed by atoms with Gasteiger partial charge in [0.05, 0.1) is 0 Å². The molecule has 41 heavy (non-hydrogen) atoms. The second-order valence-electron chi connectivity index (χ2n) is 12.7. The summed E-state index contributed by atoms with van der Waals surface area (Å²) in [5, 5.41) is 0. The molecule has 0 spiro atoms. The first kappa shape index (κ1) is 33.2. The number of benzene rings is 2. The quantitative estimate of drug-likeness (QED) is 0.106. The first-order valence-electron chi connectivity index (χ1n) is 17.3. The highest BCUT2D eigenvalue weighted by Crippen LogP contribution is 2.44. The van der Waals surface area contributed by atoms with Crippen LogP contribution in [0.2, 0.25) is 0 Å². The predicted octanol–water partition coefficient (Wildman–Crippen LogP) is 11.8. The molecular formula is C39H60N2. The van der Waals surface area contributed by atoms with Crippen molar-refractivity contribution in [1.29, 1.82) is 0 Å². The van der Waals surface area contributed by atoms with Crippen LogP contribution in [-0.2, 0) is 18.4 Å². The molecule has 2 aromatic carbocycles. The van der Waals surface area contributed by atoms with Crippen molar-refractivity contribution in [3.05, 3.63) is 90.0 Å². The van der Waals surface area contributed by atoms with E-state index in [0.29, 0.717) is 5.92 Å². The Labute approximate surface area is 253 Å². The molecule has 0 radical (unpaired) electrons. The van der Waals surface area contributed by atoms with E-state index in [4.69, 9.17) is 4.98 Å². The minimum absolute atomic E-state index is 0.0214. The van der Waals surface area contributed by atoms with Crippen molar-refractivity contribution in [3.8, 4) is 0 Å². The Hall–Kier alpha value is -2.35. The summed E-state index contributed by atoms with van der Waals surface area (Å²) in [4.78, 5) is 5.11. The summed E-state index contributed by atoms with van der Waals surface area (Å²) in [5.41, 5.74) is 2.83. The van der Waals surface area contributed by atoms with E-state index in [1.54, 1.807) is 0 Å². The first-order valence-corrected chi connectivity index (χ1v) is 17.3. The number of nitrogens with zero attached hydrogens (tertiary/aromatic N) is 2. The van der Waals surface area contributed by atoms with Crippen molar-refractivity contribution < 1.29 is 0 Å². The molecule has 2 atom stereocenters. The van der Waals surface area contributed by atoms with Crippen molar-refractivity contribution >= 4 is 0 Å². The van der Waals surface area contributed by atoms with Gasteiger partial charge < -0.3 is 4.57 Å². The van der Waals surface area contributed by atoms with Crippen LogP contribution in [0.1, 0.15) is 153 Å². The van der Waals surface area contributed by atoms with Gasteiger partial charge in [-0.3, -0.25) is 0 Å². The summed E-state index contributed by atoms with van der Waals surface area (Å²) in [6, 6.07) is 22.4. The second kappa shape index (κ2) is 19.7. The molecule has 226 valence electrons. The fourth-order valence-corrected chi connectivity index (χ4v) is 6.72. The maximum atomic E-state index is 5.11. The lowest BCUT2D eigenvalue weighted by Crippen LogP contribution is -2.35. The number of hydrogen-bond donors (Lipinski definition) is 0. The van der Waals surface area contributed by atoms with Crippen LogP contribution in [0.15, 0.2) is 73.1 Å². The Morgan fingerprint density at radius 3 is 1.73 bits per heavy atom. The molecule has 2 unspecified atom stereocenters. The number of hydrogen-bond acceptors (Lipinski definition) is 1. The van der Waals surface area contributed by atoms with Crippen molar-refractivity contribution in [3.63, 3.8) is 0 Å². The van der Waals surface area contributed by atoms with Crippen molar-refractivity contribution in [1.82, 2.24) is 9.55 Å². The molecule has 0 aliphatic heterocycles. The zero-order chi connectivity index (χ0) is 29.0. The Balaban J connectivity index is 1.74. The summed E-state index contributed by atoms with van der Waals surface area (Å²) >= 11 is 0. The highest BCUT2D eigenvalue weighted by molar-refractivity contribution is 5.33. The van der Waals surface area contributed by atoms with Crippen LogP contribution in [0.4, 0.5) is 0 Å². The highest BCUT2D eigenvalue weighted by atomic mass is 15.1. The molecule has 2 heteroatoms. The van der Waals surface area contributed by atoms with Gasteiger partial charge in [0.15, 0.2) is 0 Å². The number of imidazole rings is 1. The Morgan fingerprint density at radius 1 is 0.634 bits per heavy atom. The second-order valence-corrected chi connectivity index (χ2v) is 12.7. The van der Waals surface area contributed by atoms with Crippen molar-refractivity contribution in [2.45, 2.75) is 154 Å². The number of aryl methyl sites for hydroxylation is 1. The molecule has 0 saturated heterocycles. The SMILES string of the molecule is CCCCCCCCCCCn1ccnc1C(CCCCCCCCC)C(C)(Cc1ccccc1)c1ccccc1. The number of unbranched alkanes of at least 4 members (excludes halogenated alkanes) is 14. The molecule has 0 N–H and O–H groups in total. The molecule has 3 aromatic rings. The van der Waals surface area contributed by atoms with Gasteiger partial charge in [0.1, 0.15) is 5.82 Å². The summed E-state index contributed by atoms with van der Waals surface area (Å²) in [6.07, 6.45) is 28.3. The molecule has 0 bridgehead atoms. The molecule has 0 aliphatic rings. The van der Waals surface area contributed by atoms with Crippen LogP contribution in [0, 0.1) is 0 Å². The lowest BCUT2D eigenvalue weighted by atomic mass is 9.66. The summed E-state index contributed by atoms with van der Waals surface area (Å²) in [7, 11) is 0. The zero-order valence-electron chi connectivity index (χ0n) is 26.8. The van der Waals surface area contributed by atoms with E-state index in [1.165, 1.54) is 126 Å². The van der Waals surface area contributed by atoms with Crippen LogP contribution in [-0.4, -0.2) is 9.55 Å². The molecule has 1 heterocycles. The third-order valence-electron chi connectivity index (χ3n) is 9.27. The van der Waals surface area contributed by atoms with E-state index in [9.17, 15) is 0 Å². The highest BCUT2D eigenvalue weighted by Gasteiger charge is 2.39. The predicted molar refractivity (Wildman–Crippen MR) is 179 cm³/mol. The first-order chi connectivity index (χ1) is 20.2. The largest absolute Gasteiger partial charge is 0.335 e. The Kier molecular flexibility index (Phi) is 15.9. The van der Waals surface area contributed by atoms with Gasteiger partial charge in [0.2, 0.25) is 0 Å². The van der Waals surface area contributed by atoms with Gasteiger partial charge in [0.25, 0.3) is 0 Å². The normalized spacial score (nSPS) is 13.7. The summed E-state index contributed by atoms with van der Waals surface area (Å²) in [5.74, 6) is 1.69. The zero-order valence-corrected chi connectivity index (χ0v) is 26.8. The van der Waals surface area contributed by atoms with Gasteiger partial charge in [-0.25, -0.2) is 4.98 Å². The van der Waals surface area contributed by atoms with Crippen molar-refractivity contribution in [2.24, 2.45) is 0 Å². The number of rotatable bonds is 23. The maximum absolute atomic E-state index is 5.11. The maximum Gasteiger partial charge on any atom is 0.112 e. The van der Waals surface area contributed by atoms with Crippen LogP contribution >= 0.6 is 0 Å². The van der Waals surface area contributed by atoms with Crippen molar-refractivity contribution in [2.75, 3.05) is 0 Å². The van der Waals surface area contributed by atoms with Crippen LogP contribution in [0.3, 0.4) is 0 Å². The van der Waals surface area contributed by atoms with E-state index in [0.717, 1.165) is 13.0 Å². The van der Waals surface area contributed by atoms with E-state index < -0.39 is 0 Å². The molecule has 0 amide bonds. The van der Waals surface area contributed by atoms with E-state index in [1.807, 2.05) is 0 Å². The molecule has 0 fully saturated rings. The van der Waals surface area contributed by atoms with Gasteiger partial charge in [-0.2, -0.15) is 0 Å². The average molecular weight is 557 g/mol. The van der Waals surface area contributed by atoms with Gasteiger partial charge >= 0.3 is 0 Å². The smallest absolute Gasteiger partial charge is 0.112 e. The Bertz CT molecular complexity index is 1020. The van der Waals surface area contributed by atoms with E-state index >= 15 is 0 Å². The monoisotopic (exact) mass is 556 g/mol. The molecule has 1 aromatic heterocycles. The van der Waals surface area contributed by atoms with Crippen LogP contribution < -0.4 is 0 Å². The fraction of sp³-hybridized carbons (Fsp3) is 0.615. The van der Waals surface area contributed by atoms with Gasteiger partial charge in [-0.15, -0.1) is 0 Å². The lowest BCUT2D eigenvalue weighted by Gasteiger charge is -2.39. The third kappa shape index (κ3) is 11.4. The Morgan fingerprint density at radius 2 is 1.15 bits per heavy atom. The van der Waals surface area contributed by atoms with Crippen LogP contribution in [0.25, 0.3) is 0 Å². The average Bonchev–Trinajstić information content (AvgIpc) is 3.46. The summed E-state index contributed by atoms with van der Waals surface area (Å²) in [6.45, 7) is 8.21. The lowest BCUT2D eigenvalue weighted by molar-refractivity contribution is 0.321. The van der Waals surface area contributed by atoms with Gasteiger partial charge in [-0.1, -0.05) is 178 Å². The third-order valence-corrected chi connectivity index (χ3v) is 9.27. The molecule has 3 rings (SSSR count).